The molecule has 0 unspecified atom stereocenters. The van der Waals surface area contributed by atoms with E-state index < -0.39 is 18.6 Å². The Labute approximate surface area is 225 Å². The second kappa shape index (κ2) is 12.8. The van der Waals surface area contributed by atoms with Crippen LogP contribution in [-0.2, 0) is 29.1 Å². The SMILES string of the molecule is Cc1oc(-c2ccccc2)nc1CCOc1cccc(CN(CC(=O)O)C(=O)OCc2ccc(Cl)cc2)c1. The summed E-state index contributed by atoms with van der Waals surface area (Å²) in [5.41, 5.74) is 3.17. The van der Waals surface area contributed by atoms with Gasteiger partial charge in [0, 0.05) is 23.6 Å². The molecule has 196 valence electrons. The predicted octanol–water partition coefficient (Wildman–Crippen LogP) is 6.15. The van der Waals surface area contributed by atoms with Gasteiger partial charge in [0.15, 0.2) is 0 Å². The molecule has 0 aliphatic heterocycles. The van der Waals surface area contributed by atoms with Crippen LogP contribution >= 0.6 is 11.6 Å². The van der Waals surface area contributed by atoms with Gasteiger partial charge >= 0.3 is 12.1 Å². The molecule has 1 aromatic heterocycles. The summed E-state index contributed by atoms with van der Waals surface area (Å²) in [7, 11) is 0. The number of aliphatic carboxylic acids is 1. The summed E-state index contributed by atoms with van der Waals surface area (Å²) in [5.74, 6) is 0.764. The highest BCUT2D eigenvalue weighted by Crippen LogP contribution is 2.22. The normalized spacial score (nSPS) is 10.7. The molecule has 8 nitrogen and oxygen atoms in total. The van der Waals surface area contributed by atoms with Crippen molar-refractivity contribution in [2.75, 3.05) is 13.2 Å². The van der Waals surface area contributed by atoms with Crippen molar-refractivity contribution in [1.29, 1.82) is 0 Å². The zero-order valence-electron chi connectivity index (χ0n) is 20.8. The molecule has 4 rings (SSSR count). The molecule has 0 aliphatic carbocycles. The van der Waals surface area contributed by atoms with Crippen molar-refractivity contribution in [2.45, 2.75) is 26.5 Å². The number of aromatic nitrogens is 1. The molecular formula is C29H27ClN2O6. The van der Waals surface area contributed by atoms with Gasteiger partial charge in [-0.05, 0) is 54.4 Å². The van der Waals surface area contributed by atoms with Gasteiger partial charge in [-0.15, -0.1) is 0 Å². The van der Waals surface area contributed by atoms with Crippen LogP contribution in [0.2, 0.25) is 5.02 Å². The minimum atomic E-state index is -1.14. The Balaban J connectivity index is 1.34. The number of carbonyl (C=O) groups is 2. The van der Waals surface area contributed by atoms with Crippen molar-refractivity contribution in [2.24, 2.45) is 0 Å². The number of ether oxygens (including phenoxy) is 2. The minimum Gasteiger partial charge on any atom is -0.493 e. The van der Waals surface area contributed by atoms with Gasteiger partial charge in [0.2, 0.25) is 5.89 Å². The Morgan fingerprint density at radius 1 is 1.00 bits per heavy atom. The standard InChI is InChI=1S/C29H27ClN2O6/c1-20-26(31-28(38-20)23-7-3-2-4-8-23)14-15-36-25-9-5-6-22(16-25)17-32(18-27(33)34)29(35)37-19-21-10-12-24(30)13-11-21/h2-13,16H,14-15,17-19H2,1H3,(H,33,34). The first kappa shape index (κ1) is 26.8. The minimum absolute atomic E-state index is 0.00270. The van der Waals surface area contributed by atoms with Gasteiger partial charge in [-0.3, -0.25) is 9.69 Å². The van der Waals surface area contributed by atoms with Crippen LogP contribution in [0, 0.1) is 6.92 Å². The monoisotopic (exact) mass is 534 g/mol. The zero-order chi connectivity index (χ0) is 26.9. The van der Waals surface area contributed by atoms with Gasteiger partial charge in [-0.2, -0.15) is 0 Å². The molecule has 0 fully saturated rings. The third-order valence-corrected chi connectivity index (χ3v) is 5.90. The van der Waals surface area contributed by atoms with E-state index in [1.165, 1.54) is 0 Å². The van der Waals surface area contributed by atoms with Crippen molar-refractivity contribution in [3.05, 3.63) is 106 Å². The summed E-state index contributed by atoms with van der Waals surface area (Å²) < 4.78 is 17.0. The molecule has 1 heterocycles. The molecule has 9 heteroatoms. The molecule has 3 aromatic carbocycles. The molecule has 0 saturated carbocycles. The Hall–Kier alpha value is -4.30. The number of benzene rings is 3. The first-order chi connectivity index (χ1) is 18.4. The second-order valence-electron chi connectivity index (χ2n) is 8.56. The highest BCUT2D eigenvalue weighted by atomic mass is 35.5. The van der Waals surface area contributed by atoms with Crippen LogP contribution in [0.5, 0.6) is 5.75 Å². The van der Waals surface area contributed by atoms with E-state index in [0.29, 0.717) is 35.3 Å². The molecule has 1 N–H and O–H groups in total. The van der Waals surface area contributed by atoms with E-state index in [4.69, 9.17) is 25.5 Å². The maximum atomic E-state index is 12.6. The quantitative estimate of drug-likeness (QED) is 0.246. The van der Waals surface area contributed by atoms with Crippen molar-refractivity contribution in [3.8, 4) is 17.2 Å². The number of carbonyl (C=O) groups excluding carboxylic acids is 1. The van der Waals surface area contributed by atoms with Crippen molar-refractivity contribution in [1.82, 2.24) is 9.88 Å². The Morgan fingerprint density at radius 2 is 1.76 bits per heavy atom. The topological polar surface area (TPSA) is 102 Å². The third-order valence-electron chi connectivity index (χ3n) is 5.65. The fourth-order valence-electron chi connectivity index (χ4n) is 3.75. The van der Waals surface area contributed by atoms with Gasteiger partial charge in [-0.1, -0.05) is 54.1 Å². The maximum Gasteiger partial charge on any atom is 0.410 e. The van der Waals surface area contributed by atoms with Crippen molar-refractivity contribution < 1.29 is 28.6 Å². The molecule has 0 spiro atoms. The second-order valence-corrected chi connectivity index (χ2v) is 9.00. The zero-order valence-corrected chi connectivity index (χ0v) is 21.6. The smallest absolute Gasteiger partial charge is 0.410 e. The van der Waals surface area contributed by atoms with E-state index in [9.17, 15) is 14.7 Å². The van der Waals surface area contributed by atoms with Gasteiger partial charge < -0.3 is 19.0 Å². The molecule has 0 aliphatic rings. The van der Waals surface area contributed by atoms with Gasteiger partial charge in [0.05, 0.1) is 12.3 Å². The number of carboxylic acids is 1. The van der Waals surface area contributed by atoms with E-state index >= 15 is 0 Å². The van der Waals surface area contributed by atoms with E-state index in [0.717, 1.165) is 27.5 Å². The number of halogens is 1. The van der Waals surface area contributed by atoms with Crippen LogP contribution in [0.25, 0.3) is 11.5 Å². The van der Waals surface area contributed by atoms with Crippen LogP contribution in [-0.4, -0.2) is 40.2 Å². The summed E-state index contributed by atoms with van der Waals surface area (Å²) in [5, 5.41) is 9.87. The third kappa shape index (κ3) is 7.60. The lowest BCUT2D eigenvalue weighted by Gasteiger charge is -2.20. The fourth-order valence-corrected chi connectivity index (χ4v) is 3.87. The van der Waals surface area contributed by atoms with Gasteiger partial charge in [0.25, 0.3) is 0 Å². The average Bonchev–Trinajstić information content (AvgIpc) is 3.28. The number of oxazole rings is 1. The Kier molecular flexibility index (Phi) is 9.00. The fraction of sp³-hybridized carbons (Fsp3) is 0.207. The number of nitrogens with zero attached hydrogens (tertiary/aromatic N) is 2. The highest BCUT2D eigenvalue weighted by molar-refractivity contribution is 6.30. The maximum absolute atomic E-state index is 12.6. The number of rotatable bonds is 11. The van der Waals surface area contributed by atoms with E-state index in [2.05, 4.69) is 4.98 Å². The predicted molar refractivity (Wildman–Crippen MR) is 142 cm³/mol. The van der Waals surface area contributed by atoms with Crippen molar-refractivity contribution in [3.63, 3.8) is 0 Å². The number of aryl methyl sites for hydroxylation is 1. The first-order valence-electron chi connectivity index (χ1n) is 12.0. The van der Waals surface area contributed by atoms with Crippen LogP contribution in [0.4, 0.5) is 4.79 Å². The first-order valence-corrected chi connectivity index (χ1v) is 12.4. The van der Waals surface area contributed by atoms with Crippen molar-refractivity contribution >= 4 is 23.7 Å². The summed E-state index contributed by atoms with van der Waals surface area (Å²) in [6, 6.07) is 23.7. The molecule has 0 saturated heterocycles. The lowest BCUT2D eigenvalue weighted by Crippen LogP contribution is -2.35. The van der Waals surface area contributed by atoms with Crippen LogP contribution in [0.3, 0.4) is 0 Å². The Bertz CT molecular complexity index is 1370. The van der Waals surface area contributed by atoms with Gasteiger partial charge in [-0.25, -0.2) is 9.78 Å². The van der Waals surface area contributed by atoms with E-state index in [1.54, 1.807) is 48.5 Å². The highest BCUT2D eigenvalue weighted by Gasteiger charge is 2.19. The van der Waals surface area contributed by atoms with Gasteiger partial charge in [0.1, 0.15) is 24.7 Å². The lowest BCUT2D eigenvalue weighted by molar-refractivity contribution is -0.138. The summed E-state index contributed by atoms with van der Waals surface area (Å²) in [4.78, 5) is 29.7. The molecular weight excluding hydrogens is 508 g/mol. The number of amides is 1. The lowest BCUT2D eigenvalue weighted by atomic mass is 10.2. The number of carboxylic acid groups (broad SMARTS) is 1. The average molecular weight is 535 g/mol. The molecule has 38 heavy (non-hydrogen) atoms. The van der Waals surface area contributed by atoms with E-state index in [1.807, 2.05) is 37.3 Å². The molecule has 1 amide bonds. The van der Waals surface area contributed by atoms with Crippen LogP contribution in [0.1, 0.15) is 22.6 Å². The summed E-state index contributed by atoms with van der Waals surface area (Å²) in [6.07, 6.45) is -0.182. The Morgan fingerprint density at radius 3 is 2.50 bits per heavy atom. The molecule has 0 atom stereocenters. The molecule has 0 radical (unpaired) electrons. The summed E-state index contributed by atoms with van der Waals surface area (Å²) >= 11 is 5.88. The number of hydrogen-bond acceptors (Lipinski definition) is 6. The van der Waals surface area contributed by atoms with Crippen LogP contribution in [0.15, 0.2) is 83.3 Å². The summed E-state index contributed by atoms with van der Waals surface area (Å²) in [6.45, 7) is 1.79. The molecule has 4 aromatic rings. The molecule has 0 bridgehead atoms. The van der Waals surface area contributed by atoms with Crippen LogP contribution < -0.4 is 4.74 Å². The van der Waals surface area contributed by atoms with E-state index in [-0.39, 0.29) is 13.2 Å². The largest absolute Gasteiger partial charge is 0.493 e. The number of hydrogen-bond donors (Lipinski definition) is 1.